The molecular weight excluding hydrogens is 377 g/mol. The highest BCUT2D eigenvalue weighted by molar-refractivity contribution is 7.99. The smallest absolute Gasteiger partial charge is 0.322 e. The lowest BCUT2D eigenvalue weighted by Gasteiger charge is -2.06. The van der Waals surface area contributed by atoms with Crippen LogP contribution >= 0.6 is 11.8 Å². The number of nitrogens with zero attached hydrogens (tertiary/aromatic N) is 3. The maximum absolute atomic E-state index is 12.7. The summed E-state index contributed by atoms with van der Waals surface area (Å²) in [7, 11) is 1.86. The van der Waals surface area contributed by atoms with Gasteiger partial charge in [-0.1, -0.05) is 36.0 Å². The summed E-state index contributed by atoms with van der Waals surface area (Å²) in [6.45, 7) is 0. The summed E-state index contributed by atoms with van der Waals surface area (Å²) in [5.74, 6) is -0.299. The lowest BCUT2D eigenvalue weighted by atomic mass is 10.1. The van der Waals surface area contributed by atoms with E-state index in [9.17, 15) is 18.0 Å². The molecule has 0 aliphatic rings. The second-order valence-electron chi connectivity index (χ2n) is 5.65. The summed E-state index contributed by atoms with van der Waals surface area (Å²) in [6.07, 6.45) is -3.25. The Morgan fingerprint density at radius 1 is 1.26 bits per heavy atom. The number of thioether (sulfide) groups is 1. The van der Waals surface area contributed by atoms with Crippen molar-refractivity contribution in [1.29, 1.82) is 0 Å². The van der Waals surface area contributed by atoms with E-state index in [0.29, 0.717) is 5.16 Å². The van der Waals surface area contributed by atoms with Crippen LogP contribution in [0.3, 0.4) is 0 Å². The van der Waals surface area contributed by atoms with Gasteiger partial charge in [0.1, 0.15) is 0 Å². The van der Waals surface area contributed by atoms with E-state index >= 15 is 0 Å². The highest BCUT2D eigenvalue weighted by Crippen LogP contribution is 2.29. The molecule has 0 spiro atoms. The molecule has 3 aromatic rings. The number of hydrogen-bond acceptors (Lipinski definition) is 4. The molecule has 1 N–H and O–H groups in total. The zero-order valence-electron chi connectivity index (χ0n) is 14.2. The summed E-state index contributed by atoms with van der Waals surface area (Å²) in [5.41, 5.74) is 3.58. The van der Waals surface area contributed by atoms with Crippen molar-refractivity contribution in [1.82, 2.24) is 15.0 Å². The fourth-order valence-electron chi connectivity index (χ4n) is 2.39. The largest absolute Gasteiger partial charge is 0.416 e. The Labute approximate surface area is 157 Å². The van der Waals surface area contributed by atoms with Crippen LogP contribution in [0.2, 0.25) is 0 Å². The Balaban J connectivity index is 1.57. The van der Waals surface area contributed by atoms with Gasteiger partial charge in [0, 0.05) is 7.05 Å². The van der Waals surface area contributed by atoms with Gasteiger partial charge in [0.05, 0.1) is 28.6 Å². The molecule has 0 atom stereocenters. The summed E-state index contributed by atoms with van der Waals surface area (Å²) in [5, 5.41) is 4.40. The predicted octanol–water partition coefficient (Wildman–Crippen LogP) is 3.83. The van der Waals surface area contributed by atoms with Gasteiger partial charge in [-0.3, -0.25) is 4.79 Å². The van der Waals surface area contributed by atoms with Crippen molar-refractivity contribution < 1.29 is 18.0 Å². The minimum Gasteiger partial charge on any atom is -0.322 e. The van der Waals surface area contributed by atoms with Crippen LogP contribution in [0, 0.1) is 0 Å². The summed E-state index contributed by atoms with van der Waals surface area (Å²) in [4.78, 5) is 16.3. The Morgan fingerprint density at radius 2 is 2.04 bits per heavy atom. The number of rotatable bonds is 5. The van der Waals surface area contributed by atoms with Gasteiger partial charge >= 0.3 is 6.18 Å². The molecule has 1 aromatic heterocycles. The number of halogens is 3. The van der Waals surface area contributed by atoms with Crippen LogP contribution in [0.5, 0.6) is 0 Å². The van der Waals surface area contributed by atoms with Crippen molar-refractivity contribution in [2.75, 3.05) is 5.75 Å². The van der Waals surface area contributed by atoms with Crippen LogP contribution in [-0.2, 0) is 18.0 Å². The number of nitrogens with one attached hydrogen (secondary N) is 1. The predicted molar refractivity (Wildman–Crippen MR) is 98.6 cm³/mol. The molecule has 2 aromatic carbocycles. The van der Waals surface area contributed by atoms with Crippen LogP contribution in [0.15, 0.2) is 58.8 Å². The Bertz CT molecular complexity index is 998. The molecule has 0 fully saturated rings. The molecule has 9 heteroatoms. The number of para-hydroxylation sites is 2. The van der Waals surface area contributed by atoms with Crippen LogP contribution in [-0.4, -0.2) is 27.4 Å². The molecule has 1 heterocycles. The average molecular weight is 392 g/mol. The highest BCUT2D eigenvalue weighted by atomic mass is 32.2. The van der Waals surface area contributed by atoms with Crippen molar-refractivity contribution in [3.63, 3.8) is 0 Å². The fraction of sp³-hybridized carbons (Fsp3) is 0.167. The van der Waals surface area contributed by atoms with E-state index in [1.807, 2.05) is 35.9 Å². The van der Waals surface area contributed by atoms with Gasteiger partial charge in [-0.25, -0.2) is 10.4 Å². The Morgan fingerprint density at radius 3 is 2.78 bits per heavy atom. The third kappa shape index (κ3) is 4.68. The molecule has 0 aliphatic heterocycles. The van der Waals surface area contributed by atoms with Gasteiger partial charge in [-0.05, 0) is 29.8 Å². The zero-order chi connectivity index (χ0) is 19.4. The molecule has 0 radical (unpaired) electrons. The summed E-state index contributed by atoms with van der Waals surface area (Å²) in [6, 6.07) is 12.3. The number of benzene rings is 2. The molecule has 1 amide bonds. The van der Waals surface area contributed by atoms with E-state index in [4.69, 9.17) is 0 Å². The first-order valence-electron chi connectivity index (χ1n) is 7.88. The molecule has 5 nitrogen and oxygen atoms in total. The van der Waals surface area contributed by atoms with Crippen molar-refractivity contribution >= 4 is 34.9 Å². The molecular formula is C18H15F3N4OS. The van der Waals surface area contributed by atoms with Crippen molar-refractivity contribution in [3.05, 3.63) is 59.7 Å². The monoisotopic (exact) mass is 392 g/mol. The standard InChI is InChI=1S/C18H15F3N4OS/c1-25-15-8-3-2-7-14(15)23-17(25)27-11-16(26)24-22-10-12-5-4-6-13(9-12)18(19,20)21/h2-10H,11H2,1H3,(H,24,26)/b22-10-. The number of alkyl halides is 3. The van der Waals surface area contributed by atoms with E-state index in [2.05, 4.69) is 15.5 Å². The fourth-order valence-corrected chi connectivity index (χ4v) is 3.17. The number of aromatic nitrogens is 2. The molecule has 0 bridgehead atoms. The number of hydrogen-bond donors (Lipinski definition) is 1. The number of imidazole rings is 1. The molecule has 3 rings (SSSR count). The maximum Gasteiger partial charge on any atom is 0.416 e. The number of amides is 1. The van der Waals surface area contributed by atoms with Crippen molar-refractivity contribution in [3.8, 4) is 0 Å². The van der Waals surface area contributed by atoms with Crippen LogP contribution < -0.4 is 5.43 Å². The van der Waals surface area contributed by atoms with Gasteiger partial charge in [-0.15, -0.1) is 0 Å². The van der Waals surface area contributed by atoms with Gasteiger partial charge in [0.2, 0.25) is 0 Å². The summed E-state index contributed by atoms with van der Waals surface area (Å²) < 4.78 is 39.9. The van der Waals surface area contributed by atoms with Crippen LogP contribution in [0.4, 0.5) is 13.2 Å². The molecule has 140 valence electrons. The highest BCUT2D eigenvalue weighted by Gasteiger charge is 2.30. The second kappa shape index (κ2) is 7.83. The van der Waals surface area contributed by atoms with E-state index in [1.54, 1.807) is 0 Å². The Kier molecular flexibility index (Phi) is 5.50. The van der Waals surface area contributed by atoms with Gasteiger partial charge in [-0.2, -0.15) is 18.3 Å². The van der Waals surface area contributed by atoms with Crippen LogP contribution in [0.25, 0.3) is 11.0 Å². The average Bonchev–Trinajstić information content (AvgIpc) is 2.96. The third-order valence-electron chi connectivity index (χ3n) is 3.70. The van der Waals surface area contributed by atoms with E-state index in [1.165, 1.54) is 30.1 Å². The van der Waals surface area contributed by atoms with Gasteiger partial charge < -0.3 is 4.57 Å². The van der Waals surface area contributed by atoms with E-state index in [-0.39, 0.29) is 17.2 Å². The van der Waals surface area contributed by atoms with Gasteiger partial charge in [0.15, 0.2) is 5.16 Å². The molecule has 0 saturated heterocycles. The first kappa shape index (κ1) is 19.0. The zero-order valence-corrected chi connectivity index (χ0v) is 15.0. The van der Waals surface area contributed by atoms with E-state index in [0.717, 1.165) is 23.2 Å². The second-order valence-corrected chi connectivity index (χ2v) is 6.59. The maximum atomic E-state index is 12.7. The number of hydrazone groups is 1. The summed E-state index contributed by atoms with van der Waals surface area (Å²) >= 11 is 1.25. The van der Waals surface area contributed by atoms with Crippen molar-refractivity contribution in [2.24, 2.45) is 12.1 Å². The molecule has 0 aliphatic carbocycles. The normalized spacial score (nSPS) is 12.0. The number of carbonyl (C=O) groups is 1. The molecule has 0 saturated carbocycles. The molecule has 0 unspecified atom stereocenters. The quantitative estimate of drug-likeness (QED) is 0.408. The first-order valence-corrected chi connectivity index (χ1v) is 8.86. The lowest BCUT2D eigenvalue weighted by Crippen LogP contribution is -2.20. The number of carbonyl (C=O) groups excluding carboxylic acids is 1. The topological polar surface area (TPSA) is 59.3 Å². The van der Waals surface area contributed by atoms with Crippen LogP contribution in [0.1, 0.15) is 11.1 Å². The van der Waals surface area contributed by atoms with Gasteiger partial charge in [0.25, 0.3) is 5.91 Å². The minimum absolute atomic E-state index is 0.0804. The first-order chi connectivity index (χ1) is 12.8. The SMILES string of the molecule is Cn1c(SCC(=O)N/N=C\c2cccc(C(F)(F)F)c2)nc2ccccc21. The number of fused-ring (bicyclic) bond motifs is 1. The molecule has 27 heavy (non-hydrogen) atoms. The third-order valence-corrected chi connectivity index (χ3v) is 4.73. The number of aryl methyl sites for hydroxylation is 1. The van der Waals surface area contributed by atoms with E-state index < -0.39 is 11.7 Å². The lowest BCUT2D eigenvalue weighted by molar-refractivity contribution is -0.137. The minimum atomic E-state index is -4.42. The van der Waals surface area contributed by atoms with Crippen molar-refractivity contribution in [2.45, 2.75) is 11.3 Å². The Hall–Kier alpha value is -2.81.